The number of nitrogens with zero attached hydrogens (tertiary/aromatic N) is 3. The van der Waals surface area contributed by atoms with E-state index in [0.717, 1.165) is 32.2 Å². The van der Waals surface area contributed by atoms with E-state index in [0.29, 0.717) is 24.4 Å². The highest BCUT2D eigenvalue weighted by molar-refractivity contribution is 5.74. The van der Waals surface area contributed by atoms with Crippen LogP contribution < -0.4 is 5.32 Å². The summed E-state index contributed by atoms with van der Waals surface area (Å²) in [6.07, 6.45) is 4.42. The maximum Gasteiger partial charge on any atom is 0.317 e. The molecule has 2 amide bonds. The summed E-state index contributed by atoms with van der Waals surface area (Å²) in [7, 11) is 0. The van der Waals surface area contributed by atoms with Gasteiger partial charge in [-0.1, -0.05) is 31.1 Å². The largest absolute Gasteiger partial charge is 0.339 e. The van der Waals surface area contributed by atoms with Crippen LogP contribution in [0.2, 0.25) is 0 Å². The van der Waals surface area contributed by atoms with Crippen molar-refractivity contribution in [3.8, 4) is 11.4 Å². The van der Waals surface area contributed by atoms with Gasteiger partial charge >= 0.3 is 6.03 Å². The Morgan fingerprint density at radius 1 is 1.37 bits per heavy atom. The van der Waals surface area contributed by atoms with E-state index in [4.69, 9.17) is 4.52 Å². The molecular formula is C20H27FN4O2. The molecule has 6 nitrogen and oxygen atoms in total. The normalized spacial score (nSPS) is 17.3. The molecule has 1 unspecified atom stereocenters. The Kier molecular flexibility index (Phi) is 6.42. The van der Waals surface area contributed by atoms with Gasteiger partial charge in [-0.2, -0.15) is 4.98 Å². The van der Waals surface area contributed by atoms with Crippen LogP contribution in [-0.4, -0.2) is 40.2 Å². The van der Waals surface area contributed by atoms with Gasteiger partial charge in [0.05, 0.1) is 5.56 Å². The summed E-state index contributed by atoms with van der Waals surface area (Å²) in [5.41, 5.74) is 0.335. The highest BCUT2D eigenvalue weighted by Crippen LogP contribution is 2.23. The molecule has 1 aliphatic heterocycles. The summed E-state index contributed by atoms with van der Waals surface area (Å²) in [4.78, 5) is 18.7. The SMILES string of the molecule is CCC(CC)NC(=O)N1CCCC(Cc2nc(-c3ccccc3F)no2)C1. The van der Waals surface area contributed by atoms with Gasteiger partial charge in [0.2, 0.25) is 11.7 Å². The molecule has 0 bridgehead atoms. The first-order valence-corrected chi connectivity index (χ1v) is 9.73. The van der Waals surface area contributed by atoms with Crippen LogP contribution in [0.1, 0.15) is 45.4 Å². The molecule has 7 heteroatoms. The molecule has 0 saturated carbocycles. The molecule has 1 aromatic carbocycles. The maximum absolute atomic E-state index is 13.9. The molecule has 2 heterocycles. The number of benzene rings is 1. The van der Waals surface area contributed by atoms with Crippen molar-refractivity contribution in [2.75, 3.05) is 13.1 Å². The molecule has 1 aromatic heterocycles. The molecule has 1 saturated heterocycles. The first kappa shape index (κ1) is 19.3. The van der Waals surface area contributed by atoms with Crippen molar-refractivity contribution in [1.82, 2.24) is 20.4 Å². The molecule has 2 aromatic rings. The van der Waals surface area contributed by atoms with Gasteiger partial charge in [0.15, 0.2) is 0 Å². The summed E-state index contributed by atoms with van der Waals surface area (Å²) in [5, 5.41) is 7.01. The lowest BCUT2D eigenvalue weighted by molar-refractivity contribution is 0.158. The zero-order valence-corrected chi connectivity index (χ0v) is 15.9. The van der Waals surface area contributed by atoms with Crippen molar-refractivity contribution >= 4 is 6.03 Å². The topological polar surface area (TPSA) is 71.3 Å². The van der Waals surface area contributed by atoms with Crippen molar-refractivity contribution in [3.05, 3.63) is 36.0 Å². The molecule has 1 aliphatic rings. The fourth-order valence-electron chi connectivity index (χ4n) is 3.51. The third kappa shape index (κ3) is 4.84. The number of hydrogen-bond acceptors (Lipinski definition) is 4. The molecule has 0 radical (unpaired) electrons. The van der Waals surface area contributed by atoms with E-state index in [-0.39, 0.29) is 29.6 Å². The second-order valence-corrected chi connectivity index (χ2v) is 7.11. The number of nitrogens with one attached hydrogen (secondary N) is 1. The molecule has 1 N–H and O–H groups in total. The smallest absolute Gasteiger partial charge is 0.317 e. The minimum atomic E-state index is -0.369. The van der Waals surface area contributed by atoms with E-state index in [1.807, 2.05) is 4.90 Å². The second-order valence-electron chi connectivity index (χ2n) is 7.11. The average molecular weight is 374 g/mol. The monoisotopic (exact) mass is 374 g/mol. The second kappa shape index (κ2) is 8.97. The Hall–Kier alpha value is -2.44. The number of carbonyl (C=O) groups excluding carboxylic acids is 1. The van der Waals surface area contributed by atoms with Crippen LogP contribution in [0.5, 0.6) is 0 Å². The molecule has 1 fully saturated rings. The molecular weight excluding hydrogens is 347 g/mol. The van der Waals surface area contributed by atoms with E-state index < -0.39 is 0 Å². The minimum absolute atomic E-state index is 0.00553. The van der Waals surface area contributed by atoms with Gasteiger partial charge in [0.25, 0.3) is 0 Å². The van der Waals surface area contributed by atoms with E-state index in [9.17, 15) is 9.18 Å². The zero-order chi connectivity index (χ0) is 19.2. The standard InChI is InChI=1S/C20H27FN4O2/c1-3-15(4-2)22-20(26)25-11-7-8-14(13-25)12-18-23-19(24-27-18)16-9-5-6-10-17(16)21/h5-6,9-10,14-15H,3-4,7-8,11-13H2,1-2H3,(H,22,26). The highest BCUT2D eigenvalue weighted by atomic mass is 19.1. The van der Waals surface area contributed by atoms with Crippen LogP contribution >= 0.6 is 0 Å². The lowest BCUT2D eigenvalue weighted by atomic mass is 9.95. The molecule has 27 heavy (non-hydrogen) atoms. The summed E-state index contributed by atoms with van der Waals surface area (Å²) in [6, 6.07) is 6.61. The molecule has 3 rings (SSSR count). The van der Waals surface area contributed by atoms with Gasteiger partial charge in [0, 0.05) is 25.6 Å². The predicted molar refractivity (Wildman–Crippen MR) is 101 cm³/mol. The van der Waals surface area contributed by atoms with Crippen molar-refractivity contribution in [2.45, 2.75) is 52.0 Å². The Bertz CT molecular complexity index is 760. The van der Waals surface area contributed by atoms with Crippen LogP contribution in [-0.2, 0) is 6.42 Å². The van der Waals surface area contributed by atoms with Gasteiger partial charge in [0.1, 0.15) is 5.82 Å². The van der Waals surface area contributed by atoms with E-state index >= 15 is 0 Å². The van der Waals surface area contributed by atoms with Gasteiger partial charge in [-0.25, -0.2) is 9.18 Å². The number of hydrogen-bond donors (Lipinski definition) is 1. The van der Waals surface area contributed by atoms with Crippen LogP contribution in [0.15, 0.2) is 28.8 Å². The number of carbonyl (C=O) groups is 1. The van der Waals surface area contributed by atoms with Crippen molar-refractivity contribution in [3.63, 3.8) is 0 Å². The molecule has 0 spiro atoms. The molecule has 0 aliphatic carbocycles. The predicted octanol–water partition coefficient (Wildman–Crippen LogP) is 4.03. The number of halogens is 1. The Labute approximate surface area is 159 Å². The third-order valence-corrected chi connectivity index (χ3v) is 5.17. The summed E-state index contributed by atoms with van der Waals surface area (Å²) in [5.74, 6) is 0.648. The Balaban J connectivity index is 1.60. The number of likely N-dealkylation sites (tertiary alicyclic amines) is 1. The fourth-order valence-corrected chi connectivity index (χ4v) is 3.51. The van der Waals surface area contributed by atoms with Crippen LogP contribution in [0.4, 0.5) is 9.18 Å². The first-order valence-electron chi connectivity index (χ1n) is 9.73. The van der Waals surface area contributed by atoms with E-state index in [2.05, 4.69) is 29.3 Å². The molecule has 146 valence electrons. The lowest BCUT2D eigenvalue weighted by Gasteiger charge is -2.33. The van der Waals surface area contributed by atoms with Crippen molar-refractivity contribution in [2.24, 2.45) is 5.92 Å². The summed E-state index contributed by atoms with van der Waals surface area (Å²) >= 11 is 0. The summed E-state index contributed by atoms with van der Waals surface area (Å²) in [6.45, 7) is 5.60. The Morgan fingerprint density at radius 2 is 2.15 bits per heavy atom. The fraction of sp³-hybridized carbons (Fsp3) is 0.550. The van der Waals surface area contributed by atoms with Crippen LogP contribution in [0, 0.1) is 11.7 Å². The number of piperidine rings is 1. The first-order chi connectivity index (χ1) is 13.1. The lowest BCUT2D eigenvalue weighted by Crippen LogP contribution is -2.48. The minimum Gasteiger partial charge on any atom is -0.339 e. The van der Waals surface area contributed by atoms with Crippen molar-refractivity contribution < 1.29 is 13.7 Å². The number of rotatable bonds is 6. The van der Waals surface area contributed by atoms with Gasteiger partial charge in [-0.3, -0.25) is 0 Å². The van der Waals surface area contributed by atoms with Crippen molar-refractivity contribution in [1.29, 1.82) is 0 Å². The number of aromatic nitrogens is 2. The third-order valence-electron chi connectivity index (χ3n) is 5.17. The van der Waals surface area contributed by atoms with Gasteiger partial charge in [-0.05, 0) is 43.7 Å². The Morgan fingerprint density at radius 3 is 2.89 bits per heavy atom. The highest BCUT2D eigenvalue weighted by Gasteiger charge is 2.26. The maximum atomic E-state index is 13.9. The quantitative estimate of drug-likeness (QED) is 0.829. The zero-order valence-electron chi connectivity index (χ0n) is 15.9. The van der Waals surface area contributed by atoms with E-state index in [1.165, 1.54) is 6.07 Å². The average Bonchev–Trinajstić information content (AvgIpc) is 3.14. The number of amides is 2. The van der Waals surface area contributed by atoms with Gasteiger partial charge < -0.3 is 14.7 Å². The number of urea groups is 1. The summed E-state index contributed by atoms with van der Waals surface area (Å²) < 4.78 is 19.2. The van der Waals surface area contributed by atoms with Gasteiger partial charge in [-0.15, -0.1) is 0 Å². The van der Waals surface area contributed by atoms with Crippen LogP contribution in [0.3, 0.4) is 0 Å². The van der Waals surface area contributed by atoms with E-state index in [1.54, 1.807) is 18.2 Å². The molecule has 1 atom stereocenters. The van der Waals surface area contributed by atoms with Crippen LogP contribution in [0.25, 0.3) is 11.4 Å².